The van der Waals surface area contributed by atoms with Gasteiger partial charge in [-0.15, -0.1) is 11.3 Å². The summed E-state index contributed by atoms with van der Waals surface area (Å²) in [6.45, 7) is 7.85. The Labute approximate surface area is 109 Å². The minimum Gasteiger partial charge on any atom is -0.361 e. The second kappa shape index (κ2) is 5.85. The van der Waals surface area contributed by atoms with Gasteiger partial charge in [0.1, 0.15) is 0 Å². The number of hydrogen-bond donors (Lipinski definition) is 1. The monoisotopic (exact) mass is 252 g/mol. The molecule has 96 valence electrons. The summed E-state index contributed by atoms with van der Waals surface area (Å²) < 4.78 is 0. The Bertz CT molecular complexity index is 338. The van der Waals surface area contributed by atoms with Gasteiger partial charge in [0.25, 0.3) is 0 Å². The van der Waals surface area contributed by atoms with E-state index in [0.29, 0.717) is 5.92 Å². The summed E-state index contributed by atoms with van der Waals surface area (Å²) in [6, 6.07) is 0. The molecule has 0 bridgehead atoms. The highest BCUT2D eigenvalue weighted by atomic mass is 32.1. The zero-order chi connectivity index (χ0) is 12.3. The topological polar surface area (TPSA) is 24.9 Å². The van der Waals surface area contributed by atoms with E-state index in [1.807, 2.05) is 11.3 Å². The van der Waals surface area contributed by atoms with Crippen molar-refractivity contribution in [1.82, 2.24) is 4.98 Å². The first-order valence-electron chi connectivity index (χ1n) is 6.84. The van der Waals surface area contributed by atoms with Gasteiger partial charge in [-0.3, -0.25) is 0 Å². The van der Waals surface area contributed by atoms with Crippen LogP contribution in [0.1, 0.15) is 57.2 Å². The minimum atomic E-state index is 0.679. The number of aromatic nitrogens is 1. The molecule has 2 nitrogen and oxygen atoms in total. The molecule has 0 unspecified atom stereocenters. The van der Waals surface area contributed by atoms with Gasteiger partial charge in [-0.05, 0) is 30.6 Å². The molecule has 1 aromatic heterocycles. The molecule has 0 saturated heterocycles. The van der Waals surface area contributed by atoms with Crippen LogP contribution in [0, 0.1) is 11.8 Å². The van der Waals surface area contributed by atoms with Crippen molar-refractivity contribution in [3.05, 3.63) is 11.1 Å². The van der Waals surface area contributed by atoms with Crippen LogP contribution >= 0.6 is 11.3 Å². The molecule has 2 rings (SSSR count). The van der Waals surface area contributed by atoms with Crippen LogP contribution in [0.4, 0.5) is 5.13 Å². The maximum Gasteiger partial charge on any atom is 0.182 e. The van der Waals surface area contributed by atoms with Gasteiger partial charge in [0.2, 0.25) is 0 Å². The van der Waals surface area contributed by atoms with E-state index in [9.17, 15) is 0 Å². The Balaban J connectivity index is 1.89. The quantitative estimate of drug-likeness (QED) is 0.853. The summed E-state index contributed by atoms with van der Waals surface area (Å²) in [5, 5.41) is 4.52. The second-order valence-corrected chi connectivity index (χ2v) is 6.86. The molecule has 3 heteroatoms. The lowest BCUT2D eigenvalue weighted by molar-refractivity contribution is 0.350. The van der Waals surface area contributed by atoms with E-state index in [1.54, 1.807) is 0 Å². The normalized spacial score (nSPS) is 25.2. The van der Waals surface area contributed by atoms with E-state index in [0.717, 1.165) is 23.5 Å². The summed E-state index contributed by atoms with van der Waals surface area (Å²) in [6.07, 6.45) is 7.57. The molecule has 1 aliphatic rings. The first kappa shape index (κ1) is 12.9. The number of nitrogens with one attached hydrogen (secondary N) is 1. The SMILES string of the molecule is CC(C)CNc1ncc(C2CCC(C)CC2)s1. The van der Waals surface area contributed by atoms with Crippen LogP contribution in [0.15, 0.2) is 6.20 Å². The molecule has 1 aliphatic carbocycles. The van der Waals surface area contributed by atoms with Crippen LogP contribution in [0.2, 0.25) is 0 Å². The number of rotatable bonds is 4. The molecule has 1 fully saturated rings. The van der Waals surface area contributed by atoms with Crippen molar-refractivity contribution in [2.45, 2.75) is 52.4 Å². The van der Waals surface area contributed by atoms with E-state index in [1.165, 1.54) is 30.6 Å². The lowest BCUT2D eigenvalue weighted by atomic mass is 9.82. The van der Waals surface area contributed by atoms with Crippen molar-refractivity contribution in [2.75, 3.05) is 11.9 Å². The van der Waals surface area contributed by atoms with E-state index >= 15 is 0 Å². The Kier molecular flexibility index (Phi) is 4.43. The maximum atomic E-state index is 4.49. The van der Waals surface area contributed by atoms with E-state index in [4.69, 9.17) is 0 Å². The zero-order valence-corrected chi connectivity index (χ0v) is 12.0. The number of hydrogen-bond acceptors (Lipinski definition) is 3. The summed E-state index contributed by atoms with van der Waals surface area (Å²) >= 11 is 1.86. The first-order chi connectivity index (χ1) is 8.15. The minimum absolute atomic E-state index is 0.679. The lowest BCUT2D eigenvalue weighted by Gasteiger charge is -2.24. The Morgan fingerprint density at radius 1 is 1.35 bits per heavy atom. The van der Waals surface area contributed by atoms with Crippen molar-refractivity contribution in [1.29, 1.82) is 0 Å². The van der Waals surface area contributed by atoms with E-state index in [-0.39, 0.29) is 0 Å². The van der Waals surface area contributed by atoms with E-state index < -0.39 is 0 Å². The highest BCUT2D eigenvalue weighted by Gasteiger charge is 2.21. The number of nitrogens with zero attached hydrogens (tertiary/aromatic N) is 1. The fraction of sp³-hybridized carbons (Fsp3) is 0.786. The third-order valence-electron chi connectivity index (χ3n) is 3.60. The largest absolute Gasteiger partial charge is 0.361 e. The Morgan fingerprint density at radius 3 is 2.71 bits per heavy atom. The standard InChI is InChI=1S/C14H24N2S/c1-10(2)8-15-14-16-9-13(17-14)12-6-4-11(3)5-7-12/h9-12H,4-8H2,1-3H3,(H,15,16). The van der Waals surface area contributed by atoms with Gasteiger partial charge >= 0.3 is 0 Å². The summed E-state index contributed by atoms with van der Waals surface area (Å²) in [5.74, 6) is 2.38. The van der Waals surface area contributed by atoms with Crippen LogP contribution < -0.4 is 5.32 Å². The van der Waals surface area contributed by atoms with Crippen LogP contribution in [0.3, 0.4) is 0 Å². The molecule has 1 aromatic rings. The molecule has 0 aromatic carbocycles. The molecule has 1 saturated carbocycles. The average molecular weight is 252 g/mol. The van der Waals surface area contributed by atoms with Gasteiger partial charge in [-0.1, -0.05) is 33.6 Å². The highest BCUT2D eigenvalue weighted by Crippen LogP contribution is 2.38. The smallest absolute Gasteiger partial charge is 0.182 e. The summed E-state index contributed by atoms with van der Waals surface area (Å²) in [5.41, 5.74) is 0. The maximum absolute atomic E-state index is 4.49. The van der Waals surface area contributed by atoms with Gasteiger partial charge in [0, 0.05) is 17.6 Å². The Morgan fingerprint density at radius 2 is 2.06 bits per heavy atom. The van der Waals surface area contributed by atoms with E-state index in [2.05, 4.69) is 37.3 Å². The average Bonchev–Trinajstić information content (AvgIpc) is 2.76. The zero-order valence-electron chi connectivity index (χ0n) is 11.2. The molecular formula is C14H24N2S. The molecule has 1 heterocycles. The van der Waals surface area contributed by atoms with Crippen molar-refractivity contribution >= 4 is 16.5 Å². The number of anilines is 1. The molecular weight excluding hydrogens is 228 g/mol. The Hall–Kier alpha value is -0.570. The molecule has 0 atom stereocenters. The summed E-state index contributed by atoms with van der Waals surface area (Å²) in [7, 11) is 0. The molecule has 0 spiro atoms. The van der Waals surface area contributed by atoms with Gasteiger partial charge < -0.3 is 5.32 Å². The van der Waals surface area contributed by atoms with Gasteiger partial charge in [0.15, 0.2) is 5.13 Å². The molecule has 0 radical (unpaired) electrons. The van der Waals surface area contributed by atoms with Crippen LogP contribution in [-0.2, 0) is 0 Å². The van der Waals surface area contributed by atoms with Crippen LogP contribution in [0.25, 0.3) is 0 Å². The third kappa shape index (κ3) is 3.70. The summed E-state index contributed by atoms with van der Waals surface area (Å²) in [4.78, 5) is 5.98. The van der Waals surface area contributed by atoms with Crippen molar-refractivity contribution in [3.63, 3.8) is 0 Å². The van der Waals surface area contributed by atoms with Gasteiger partial charge in [-0.25, -0.2) is 4.98 Å². The van der Waals surface area contributed by atoms with Crippen LogP contribution in [0.5, 0.6) is 0 Å². The lowest BCUT2D eigenvalue weighted by Crippen LogP contribution is -2.09. The van der Waals surface area contributed by atoms with Crippen molar-refractivity contribution < 1.29 is 0 Å². The third-order valence-corrected chi connectivity index (χ3v) is 4.72. The molecule has 17 heavy (non-hydrogen) atoms. The first-order valence-corrected chi connectivity index (χ1v) is 7.66. The molecule has 1 N–H and O–H groups in total. The highest BCUT2D eigenvalue weighted by molar-refractivity contribution is 7.15. The second-order valence-electron chi connectivity index (χ2n) is 5.80. The predicted molar refractivity (Wildman–Crippen MR) is 75.8 cm³/mol. The van der Waals surface area contributed by atoms with Crippen molar-refractivity contribution in [3.8, 4) is 0 Å². The molecule has 0 amide bonds. The van der Waals surface area contributed by atoms with Crippen LogP contribution in [-0.4, -0.2) is 11.5 Å². The van der Waals surface area contributed by atoms with Crippen molar-refractivity contribution in [2.24, 2.45) is 11.8 Å². The fourth-order valence-corrected chi connectivity index (χ4v) is 3.39. The molecule has 0 aliphatic heterocycles. The predicted octanol–water partition coefficient (Wildman–Crippen LogP) is 4.50. The fourth-order valence-electron chi connectivity index (χ4n) is 2.39. The number of thiazole rings is 1. The van der Waals surface area contributed by atoms with Gasteiger partial charge in [0.05, 0.1) is 0 Å². The van der Waals surface area contributed by atoms with Gasteiger partial charge in [-0.2, -0.15) is 0 Å².